The van der Waals surface area contributed by atoms with Crippen LogP contribution in [0.15, 0.2) is 54.7 Å². The molecule has 0 saturated carbocycles. The minimum Gasteiger partial charge on any atom is -0.368 e. The van der Waals surface area contributed by atoms with E-state index in [1.54, 1.807) is 30.3 Å². The molecule has 47 heavy (non-hydrogen) atoms. The van der Waals surface area contributed by atoms with E-state index >= 15 is 0 Å². The van der Waals surface area contributed by atoms with E-state index in [1.807, 2.05) is 16.5 Å². The standard InChI is InChI=1S/C34H33F3N8O2/c1-44-28-9-10-40-32(47)26(28)18-29(44)31-23(19-41-33(38)43-31)6-5-21-3-2-4-22(15-21)16-30(46)42-25-8-7-24(27(17-25)34(35,36)37)20-45-13-11-39-12-14-45/h2-4,7-8,15,17-19,39H,9-14,16,20H2,1H3,(H,40,47)(H,42,46)(H2,38,41,43). The van der Waals surface area contributed by atoms with Gasteiger partial charge in [-0.1, -0.05) is 30.0 Å². The number of anilines is 2. The summed E-state index contributed by atoms with van der Waals surface area (Å²) in [4.78, 5) is 35.8. The number of rotatable bonds is 6. The second-order valence-corrected chi connectivity index (χ2v) is 11.5. The zero-order chi connectivity index (χ0) is 33.1. The highest BCUT2D eigenvalue weighted by Crippen LogP contribution is 2.35. The van der Waals surface area contributed by atoms with E-state index in [-0.39, 0.29) is 36.1 Å². The molecule has 5 N–H and O–H groups in total. The van der Waals surface area contributed by atoms with Crippen LogP contribution >= 0.6 is 0 Å². The summed E-state index contributed by atoms with van der Waals surface area (Å²) in [6.45, 7) is 3.54. The first-order chi connectivity index (χ1) is 22.5. The highest BCUT2D eigenvalue weighted by Gasteiger charge is 2.34. The molecule has 0 unspecified atom stereocenters. The maximum atomic E-state index is 13.9. The highest BCUT2D eigenvalue weighted by atomic mass is 19.4. The van der Waals surface area contributed by atoms with Gasteiger partial charge in [0, 0.05) is 75.9 Å². The second kappa shape index (κ2) is 13.3. The van der Waals surface area contributed by atoms with Crippen molar-refractivity contribution in [3.8, 4) is 23.2 Å². The van der Waals surface area contributed by atoms with Gasteiger partial charge >= 0.3 is 6.18 Å². The molecule has 2 amide bonds. The van der Waals surface area contributed by atoms with Crippen LogP contribution in [0.2, 0.25) is 0 Å². The average molecular weight is 643 g/mol. The topological polar surface area (TPSA) is 130 Å². The van der Waals surface area contributed by atoms with E-state index in [1.165, 1.54) is 18.3 Å². The third kappa shape index (κ3) is 7.29. The summed E-state index contributed by atoms with van der Waals surface area (Å²) in [6, 6.07) is 12.7. The Labute approximate surface area is 269 Å². The van der Waals surface area contributed by atoms with Crippen LogP contribution in [0.3, 0.4) is 0 Å². The van der Waals surface area contributed by atoms with Crippen molar-refractivity contribution in [3.63, 3.8) is 0 Å². The molecule has 2 aromatic heterocycles. The molecule has 10 nitrogen and oxygen atoms in total. The van der Waals surface area contributed by atoms with E-state index in [9.17, 15) is 22.8 Å². The van der Waals surface area contributed by atoms with Crippen molar-refractivity contribution in [3.05, 3.63) is 93.8 Å². The van der Waals surface area contributed by atoms with Crippen LogP contribution in [-0.2, 0) is 37.4 Å². The highest BCUT2D eigenvalue weighted by molar-refractivity contribution is 5.98. The van der Waals surface area contributed by atoms with Gasteiger partial charge in [-0.3, -0.25) is 14.5 Å². The van der Waals surface area contributed by atoms with Crippen LogP contribution in [0, 0.1) is 11.8 Å². The summed E-state index contributed by atoms with van der Waals surface area (Å²) in [5, 5.41) is 8.65. The maximum Gasteiger partial charge on any atom is 0.416 e. The van der Waals surface area contributed by atoms with E-state index in [0.717, 1.165) is 24.8 Å². The fraction of sp³-hybridized carbons (Fsp3) is 0.294. The third-order valence-electron chi connectivity index (χ3n) is 8.24. The molecule has 1 fully saturated rings. The first kappa shape index (κ1) is 31.8. The van der Waals surface area contributed by atoms with E-state index in [4.69, 9.17) is 5.73 Å². The first-order valence-corrected chi connectivity index (χ1v) is 15.2. The summed E-state index contributed by atoms with van der Waals surface area (Å²) in [6.07, 6.45) is -2.41. The van der Waals surface area contributed by atoms with Crippen molar-refractivity contribution in [2.45, 2.75) is 25.6 Å². The van der Waals surface area contributed by atoms with Crippen molar-refractivity contribution in [1.29, 1.82) is 0 Å². The van der Waals surface area contributed by atoms with Crippen molar-refractivity contribution in [2.24, 2.45) is 7.05 Å². The molecule has 13 heteroatoms. The quantitative estimate of drug-likeness (QED) is 0.238. The molecule has 0 aliphatic carbocycles. The predicted molar refractivity (Wildman–Crippen MR) is 171 cm³/mol. The molecule has 4 aromatic rings. The number of hydrogen-bond donors (Lipinski definition) is 4. The van der Waals surface area contributed by atoms with Gasteiger partial charge in [-0.05, 0) is 41.5 Å². The van der Waals surface area contributed by atoms with E-state index in [0.29, 0.717) is 59.7 Å². The third-order valence-corrected chi connectivity index (χ3v) is 8.24. The van der Waals surface area contributed by atoms with Crippen LogP contribution in [0.1, 0.15) is 43.9 Å². The average Bonchev–Trinajstić information content (AvgIpc) is 3.38. The zero-order valence-corrected chi connectivity index (χ0v) is 25.7. The van der Waals surface area contributed by atoms with Gasteiger partial charge in [0.25, 0.3) is 5.91 Å². The molecular formula is C34H33F3N8O2. The van der Waals surface area contributed by atoms with Crippen molar-refractivity contribution >= 4 is 23.5 Å². The summed E-state index contributed by atoms with van der Waals surface area (Å²) in [5.74, 6) is 5.64. The Kier molecular flexibility index (Phi) is 8.97. The van der Waals surface area contributed by atoms with Crippen LogP contribution in [-0.4, -0.2) is 64.0 Å². The first-order valence-electron chi connectivity index (χ1n) is 15.2. The number of halogens is 3. The number of hydrogen-bond acceptors (Lipinski definition) is 7. The number of piperazine rings is 1. The van der Waals surface area contributed by atoms with Gasteiger partial charge < -0.3 is 26.3 Å². The van der Waals surface area contributed by atoms with Crippen molar-refractivity contribution in [1.82, 2.24) is 30.1 Å². The van der Waals surface area contributed by atoms with E-state index in [2.05, 4.69) is 37.8 Å². The fourth-order valence-electron chi connectivity index (χ4n) is 5.90. The largest absolute Gasteiger partial charge is 0.416 e. The molecule has 2 aromatic carbocycles. The number of benzene rings is 2. The Morgan fingerprint density at radius 3 is 2.66 bits per heavy atom. The molecule has 2 aliphatic rings. The molecule has 1 saturated heterocycles. The molecule has 0 atom stereocenters. The number of fused-ring (bicyclic) bond motifs is 1. The fourth-order valence-corrected chi connectivity index (χ4v) is 5.90. The Balaban J connectivity index is 1.18. The van der Waals surface area contributed by atoms with Gasteiger partial charge in [0.15, 0.2) is 0 Å². The predicted octanol–water partition coefficient (Wildman–Crippen LogP) is 3.36. The van der Waals surface area contributed by atoms with Gasteiger partial charge in [0.2, 0.25) is 11.9 Å². The normalized spacial score (nSPS) is 14.9. The molecular weight excluding hydrogens is 609 g/mol. The van der Waals surface area contributed by atoms with Crippen LogP contribution in [0.4, 0.5) is 24.8 Å². The van der Waals surface area contributed by atoms with Gasteiger partial charge in [-0.2, -0.15) is 13.2 Å². The number of nitrogens with one attached hydrogen (secondary N) is 3. The minimum atomic E-state index is -4.55. The number of carbonyl (C=O) groups is 2. The van der Waals surface area contributed by atoms with Crippen LogP contribution in [0.25, 0.3) is 11.4 Å². The number of nitrogen functional groups attached to an aromatic ring is 1. The van der Waals surface area contributed by atoms with Gasteiger partial charge in [-0.25, -0.2) is 9.97 Å². The summed E-state index contributed by atoms with van der Waals surface area (Å²) < 4.78 is 43.8. The number of amides is 2. The molecule has 0 bridgehead atoms. The Bertz CT molecular complexity index is 1900. The number of carbonyl (C=O) groups excluding carboxylic acids is 2. The SMILES string of the molecule is Cn1c(-c2nc(N)ncc2C#Cc2cccc(CC(=O)Nc3ccc(CN4CCNCC4)c(C(F)(F)F)c3)c2)cc2c1CCNC2=O. The number of alkyl halides is 3. The van der Waals surface area contributed by atoms with Crippen LogP contribution < -0.4 is 21.7 Å². The summed E-state index contributed by atoms with van der Waals surface area (Å²) in [7, 11) is 1.86. The molecule has 6 rings (SSSR count). The molecule has 4 heterocycles. The number of nitrogens with zero attached hydrogens (tertiary/aromatic N) is 4. The molecule has 0 spiro atoms. The summed E-state index contributed by atoms with van der Waals surface area (Å²) >= 11 is 0. The van der Waals surface area contributed by atoms with Crippen molar-refractivity contribution < 1.29 is 22.8 Å². The summed E-state index contributed by atoms with van der Waals surface area (Å²) in [5.41, 5.74) is 9.81. The monoisotopic (exact) mass is 642 g/mol. The van der Waals surface area contributed by atoms with Crippen LogP contribution in [0.5, 0.6) is 0 Å². The lowest BCUT2D eigenvalue weighted by Gasteiger charge is -2.28. The second-order valence-electron chi connectivity index (χ2n) is 11.5. The maximum absolute atomic E-state index is 13.9. The van der Waals surface area contributed by atoms with E-state index < -0.39 is 17.6 Å². The Morgan fingerprint density at radius 2 is 1.89 bits per heavy atom. The number of aromatic nitrogens is 3. The lowest BCUT2D eigenvalue weighted by atomic mass is 10.0. The zero-order valence-electron chi connectivity index (χ0n) is 25.7. The smallest absolute Gasteiger partial charge is 0.368 e. The minimum absolute atomic E-state index is 0.0629. The van der Waals surface area contributed by atoms with Gasteiger partial charge in [-0.15, -0.1) is 0 Å². The Morgan fingerprint density at radius 1 is 1.09 bits per heavy atom. The lowest BCUT2D eigenvalue weighted by Crippen LogP contribution is -2.43. The van der Waals surface area contributed by atoms with Gasteiger partial charge in [0.1, 0.15) is 5.69 Å². The molecule has 0 radical (unpaired) electrons. The Hall–Kier alpha value is -5.19. The lowest BCUT2D eigenvalue weighted by molar-refractivity contribution is -0.138. The van der Waals surface area contributed by atoms with Gasteiger partial charge in [0.05, 0.1) is 28.8 Å². The molecule has 2 aliphatic heterocycles. The number of nitrogens with two attached hydrogens (primary N) is 1. The molecule has 242 valence electrons. The van der Waals surface area contributed by atoms with Crippen molar-refractivity contribution in [2.75, 3.05) is 43.8 Å².